The number of amides is 4. The highest BCUT2D eigenvalue weighted by molar-refractivity contribution is 6.08. The second-order valence-corrected chi connectivity index (χ2v) is 7.93. The molecule has 1 aromatic carbocycles. The molecule has 3 rings (SSSR count). The summed E-state index contributed by atoms with van der Waals surface area (Å²) in [6, 6.07) is 5.15. The van der Waals surface area contributed by atoms with E-state index >= 15 is 0 Å². The zero-order chi connectivity index (χ0) is 21.7. The number of likely N-dealkylation sites (N-methyl/N-ethyl adjacent to an activating group) is 1. The Bertz CT molecular complexity index is 807. The predicted molar refractivity (Wildman–Crippen MR) is 110 cm³/mol. The quantitative estimate of drug-likeness (QED) is 0.620. The number of carbonyl (C=O) groups excluding carboxylic acids is 3. The van der Waals surface area contributed by atoms with Gasteiger partial charge >= 0.3 is 6.03 Å². The fourth-order valence-electron chi connectivity index (χ4n) is 4.06. The van der Waals surface area contributed by atoms with E-state index in [2.05, 4.69) is 10.7 Å². The minimum absolute atomic E-state index is 0.0668. The number of nitrogens with one attached hydrogen (secondary N) is 2. The standard InChI is InChI=1S/C21H30N4O5/c1-24(12-9-15-7-8-16(29-2)17(13-15)30-3)14-18(26)23-25-19(27)21(22-20(25)28)10-5-4-6-11-21/h7-8,13H,4-6,9-12,14H2,1-3H3,(H,22,28)(H,23,26). The van der Waals surface area contributed by atoms with Crippen molar-refractivity contribution in [2.24, 2.45) is 0 Å². The second-order valence-electron chi connectivity index (χ2n) is 7.93. The lowest BCUT2D eigenvalue weighted by atomic mass is 9.82. The van der Waals surface area contributed by atoms with Crippen LogP contribution in [0.5, 0.6) is 11.5 Å². The summed E-state index contributed by atoms with van der Waals surface area (Å²) in [6.45, 7) is 0.685. The van der Waals surface area contributed by atoms with Crippen LogP contribution in [0.25, 0.3) is 0 Å². The highest BCUT2D eigenvalue weighted by atomic mass is 16.5. The molecule has 0 unspecified atom stereocenters. The molecule has 0 atom stereocenters. The van der Waals surface area contributed by atoms with Crippen LogP contribution in [0.15, 0.2) is 18.2 Å². The van der Waals surface area contributed by atoms with Gasteiger partial charge in [-0.3, -0.25) is 19.9 Å². The van der Waals surface area contributed by atoms with E-state index < -0.39 is 17.5 Å². The van der Waals surface area contributed by atoms with Gasteiger partial charge in [0.1, 0.15) is 5.54 Å². The summed E-state index contributed by atoms with van der Waals surface area (Å²) in [7, 11) is 4.99. The molecule has 2 fully saturated rings. The molecule has 1 aliphatic carbocycles. The number of carbonyl (C=O) groups is 3. The highest BCUT2D eigenvalue weighted by Gasteiger charge is 2.52. The molecule has 9 heteroatoms. The Balaban J connectivity index is 1.50. The van der Waals surface area contributed by atoms with Crippen molar-refractivity contribution in [2.75, 3.05) is 34.4 Å². The first-order chi connectivity index (χ1) is 14.4. The van der Waals surface area contributed by atoms with Crippen molar-refractivity contribution in [3.05, 3.63) is 23.8 Å². The van der Waals surface area contributed by atoms with Crippen molar-refractivity contribution < 1.29 is 23.9 Å². The second kappa shape index (κ2) is 9.34. The summed E-state index contributed by atoms with van der Waals surface area (Å²) in [5.74, 6) is 0.568. The number of ether oxygens (including phenoxy) is 2. The summed E-state index contributed by atoms with van der Waals surface area (Å²) in [4.78, 5) is 39.2. The van der Waals surface area contributed by atoms with Crippen molar-refractivity contribution in [2.45, 2.75) is 44.1 Å². The van der Waals surface area contributed by atoms with Crippen LogP contribution in [-0.2, 0) is 16.0 Å². The molecule has 1 saturated heterocycles. The van der Waals surface area contributed by atoms with Gasteiger partial charge in [-0.25, -0.2) is 4.79 Å². The Morgan fingerprint density at radius 3 is 2.53 bits per heavy atom. The van der Waals surface area contributed by atoms with E-state index in [4.69, 9.17) is 9.47 Å². The zero-order valence-corrected chi connectivity index (χ0v) is 17.8. The van der Waals surface area contributed by atoms with E-state index in [1.807, 2.05) is 30.1 Å². The number of hydrazine groups is 1. The van der Waals surface area contributed by atoms with Gasteiger partial charge in [0.2, 0.25) is 0 Å². The predicted octanol–water partition coefficient (Wildman–Crippen LogP) is 1.46. The lowest BCUT2D eigenvalue weighted by molar-refractivity contribution is -0.140. The molecule has 2 N–H and O–H groups in total. The Morgan fingerprint density at radius 1 is 1.17 bits per heavy atom. The summed E-state index contributed by atoms with van der Waals surface area (Å²) in [6.07, 6.45) is 4.79. The molecule has 1 spiro atoms. The lowest BCUT2D eigenvalue weighted by Gasteiger charge is -2.30. The normalized spacial score (nSPS) is 17.9. The number of benzene rings is 1. The first-order valence-corrected chi connectivity index (χ1v) is 10.2. The maximum Gasteiger partial charge on any atom is 0.344 e. The number of nitrogens with zero attached hydrogens (tertiary/aromatic N) is 2. The summed E-state index contributed by atoms with van der Waals surface area (Å²) >= 11 is 0. The van der Waals surface area contributed by atoms with Gasteiger partial charge in [0.15, 0.2) is 11.5 Å². The fraction of sp³-hybridized carbons (Fsp3) is 0.571. The van der Waals surface area contributed by atoms with Gasteiger partial charge in [-0.05, 0) is 44.0 Å². The molecule has 0 radical (unpaired) electrons. The van der Waals surface area contributed by atoms with Gasteiger partial charge in [-0.2, -0.15) is 5.01 Å². The highest BCUT2D eigenvalue weighted by Crippen LogP contribution is 2.33. The third-order valence-corrected chi connectivity index (χ3v) is 5.75. The molecule has 1 saturated carbocycles. The monoisotopic (exact) mass is 418 g/mol. The SMILES string of the molecule is COc1ccc(CCN(C)CC(=O)NN2C(=O)NC3(CCCCC3)C2=O)cc1OC. The van der Waals surface area contributed by atoms with Crippen LogP contribution in [0.2, 0.25) is 0 Å². The van der Waals surface area contributed by atoms with Gasteiger partial charge in [-0.1, -0.05) is 25.3 Å². The Morgan fingerprint density at radius 2 is 1.87 bits per heavy atom. The van der Waals surface area contributed by atoms with Crippen LogP contribution in [0.3, 0.4) is 0 Å². The number of hydrogen-bond acceptors (Lipinski definition) is 6. The average molecular weight is 418 g/mol. The number of methoxy groups -OCH3 is 2. The van der Waals surface area contributed by atoms with E-state index in [0.717, 1.165) is 29.8 Å². The first kappa shape index (κ1) is 21.9. The van der Waals surface area contributed by atoms with Gasteiger partial charge in [0, 0.05) is 6.54 Å². The molecule has 0 aromatic heterocycles. The molecule has 1 aliphatic heterocycles. The topological polar surface area (TPSA) is 100 Å². The van der Waals surface area contributed by atoms with Crippen LogP contribution in [0.1, 0.15) is 37.7 Å². The molecule has 1 aromatic rings. The minimum Gasteiger partial charge on any atom is -0.493 e. The summed E-state index contributed by atoms with van der Waals surface area (Å²) < 4.78 is 10.6. The molecule has 1 heterocycles. The van der Waals surface area contributed by atoms with Crippen LogP contribution < -0.4 is 20.2 Å². The largest absolute Gasteiger partial charge is 0.493 e. The van der Waals surface area contributed by atoms with Crippen molar-refractivity contribution in [3.63, 3.8) is 0 Å². The maximum atomic E-state index is 12.7. The van der Waals surface area contributed by atoms with Gasteiger partial charge in [0.25, 0.3) is 11.8 Å². The van der Waals surface area contributed by atoms with E-state index in [-0.39, 0.29) is 12.5 Å². The van der Waals surface area contributed by atoms with Gasteiger partial charge in [0.05, 0.1) is 20.8 Å². The molecule has 4 amide bonds. The lowest BCUT2D eigenvalue weighted by Crippen LogP contribution is -2.52. The molecule has 164 valence electrons. The average Bonchev–Trinajstić information content (AvgIpc) is 2.96. The third kappa shape index (κ3) is 4.67. The smallest absolute Gasteiger partial charge is 0.344 e. The van der Waals surface area contributed by atoms with Gasteiger partial charge < -0.3 is 14.8 Å². The van der Waals surface area contributed by atoms with Gasteiger partial charge in [-0.15, -0.1) is 0 Å². The van der Waals surface area contributed by atoms with E-state index in [0.29, 0.717) is 37.3 Å². The molecule has 30 heavy (non-hydrogen) atoms. The molecule has 0 bridgehead atoms. The zero-order valence-electron chi connectivity index (χ0n) is 17.8. The van der Waals surface area contributed by atoms with Crippen molar-refractivity contribution >= 4 is 17.8 Å². The number of urea groups is 1. The molecule has 2 aliphatic rings. The third-order valence-electron chi connectivity index (χ3n) is 5.75. The van der Waals surface area contributed by atoms with Crippen LogP contribution in [0.4, 0.5) is 4.79 Å². The number of hydrogen-bond donors (Lipinski definition) is 2. The Labute approximate surface area is 176 Å². The van der Waals surface area contributed by atoms with E-state index in [1.54, 1.807) is 14.2 Å². The van der Waals surface area contributed by atoms with E-state index in [9.17, 15) is 14.4 Å². The Kier molecular flexibility index (Phi) is 6.81. The first-order valence-electron chi connectivity index (χ1n) is 10.2. The fourth-order valence-corrected chi connectivity index (χ4v) is 4.06. The minimum atomic E-state index is -0.845. The van der Waals surface area contributed by atoms with Crippen LogP contribution in [-0.4, -0.2) is 67.7 Å². The van der Waals surface area contributed by atoms with E-state index in [1.165, 1.54) is 0 Å². The van der Waals surface area contributed by atoms with Crippen LogP contribution in [0, 0.1) is 0 Å². The van der Waals surface area contributed by atoms with Crippen LogP contribution >= 0.6 is 0 Å². The molecular weight excluding hydrogens is 388 g/mol. The summed E-state index contributed by atoms with van der Waals surface area (Å²) in [5.41, 5.74) is 2.67. The van der Waals surface area contributed by atoms with Crippen molar-refractivity contribution in [3.8, 4) is 11.5 Å². The summed E-state index contributed by atoms with van der Waals surface area (Å²) in [5, 5.41) is 3.62. The van der Waals surface area contributed by atoms with Crippen molar-refractivity contribution in [1.82, 2.24) is 20.7 Å². The molecular formula is C21H30N4O5. The Hall–Kier alpha value is -2.81. The van der Waals surface area contributed by atoms with Crippen molar-refractivity contribution in [1.29, 1.82) is 0 Å². The number of imide groups is 1. The maximum absolute atomic E-state index is 12.7. The molecule has 9 nitrogen and oxygen atoms in total. The number of rotatable bonds is 8.